The number of aliphatic imine (C=N–C) groups is 1. The molecule has 0 saturated carbocycles. The van der Waals surface area contributed by atoms with Crippen molar-refractivity contribution in [3.63, 3.8) is 0 Å². The molecule has 2 aliphatic rings. The molecule has 3 N–H and O–H groups in total. The van der Waals surface area contributed by atoms with E-state index in [9.17, 15) is 4.79 Å². The van der Waals surface area contributed by atoms with Gasteiger partial charge in [-0.2, -0.15) is 0 Å². The maximum absolute atomic E-state index is 12.1. The van der Waals surface area contributed by atoms with Crippen molar-refractivity contribution in [1.82, 2.24) is 16.0 Å². The number of nitrogens with zero attached hydrogens (tertiary/aromatic N) is 1. The molecule has 2 heterocycles. The van der Waals surface area contributed by atoms with Crippen molar-refractivity contribution in [3.8, 4) is 0 Å². The van der Waals surface area contributed by atoms with Crippen LogP contribution in [-0.4, -0.2) is 50.3 Å². The Balaban J connectivity index is 1.39. The molecule has 2 aliphatic heterocycles. The summed E-state index contributed by atoms with van der Waals surface area (Å²) in [4.78, 5) is 16.3. The van der Waals surface area contributed by atoms with E-state index in [1.54, 1.807) is 31.3 Å². The van der Waals surface area contributed by atoms with Crippen LogP contribution in [0.15, 0.2) is 29.3 Å². The van der Waals surface area contributed by atoms with E-state index in [4.69, 9.17) is 16.3 Å². The smallest absolute Gasteiger partial charge is 0.252 e. The number of carbonyl (C=O) groups is 1. The maximum atomic E-state index is 12.1. The number of carbonyl (C=O) groups excluding carboxylic acids is 1. The molecule has 2 fully saturated rings. The molecule has 6 nitrogen and oxygen atoms in total. The zero-order valence-corrected chi connectivity index (χ0v) is 14.5. The van der Waals surface area contributed by atoms with Gasteiger partial charge in [0.25, 0.3) is 5.91 Å². The van der Waals surface area contributed by atoms with E-state index in [1.807, 2.05) is 0 Å². The summed E-state index contributed by atoms with van der Waals surface area (Å²) in [5.74, 6) is 0.565. The van der Waals surface area contributed by atoms with Crippen LogP contribution in [-0.2, 0) is 4.74 Å². The second-order valence-corrected chi connectivity index (χ2v) is 6.50. The fourth-order valence-electron chi connectivity index (χ4n) is 3.26. The van der Waals surface area contributed by atoms with Crippen LogP contribution in [0.4, 0.5) is 0 Å². The topological polar surface area (TPSA) is 74.8 Å². The number of rotatable bonds is 5. The molecule has 0 spiro atoms. The third kappa shape index (κ3) is 3.99. The molecule has 0 aromatic heterocycles. The van der Waals surface area contributed by atoms with Crippen molar-refractivity contribution in [2.24, 2.45) is 4.99 Å². The molecule has 3 atom stereocenters. The summed E-state index contributed by atoms with van der Waals surface area (Å²) in [6.45, 7) is 1.06. The predicted octanol–water partition coefficient (Wildman–Crippen LogP) is 1.55. The highest BCUT2D eigenvalue weighted by molar-refractivity contribution is 6.33. The molecule has 1 aromatic rings. The third-order valence-corrected chi connectivity index (χ3v) is 4.80. The number of halogens is 1. The third-order valence-electron chi connectivity index (χ3n) is 4.47. The molecule has 3 unspecified atom stereocenters. The van der Waals surface area contributed by atoms with E-state index in [1.165, 1.54) is 6.42 Å². The highest BCUT2D eigenvalue weighted by atomic mass is 35.5. The lowest BCUT2D eigenvalue weighted by molar-refractivity contribution is 0.0954. The highest BCUT2D eigenvalue weighted by Gasteiger charge is 2.41. The van der Waals surface area contributed by atoms with E-state index < -0.39 is 0 Å². The SMILES string of the molecule is CN=C(NCCNC(=O)c1ccccc1Cl)NC1CC2CCC1O2. The van der Waals surface area contributed by atoms with E-state index in [0.717, 1.165) is 18.8 Å². The van der Waals surface area contributed by atoms with Gasteiger partial charge < -0.3 is 20.7 Å². The molecule has 0 aliphatic carbocycles. The molecule has 24 heavy (non-hydrogen) atoms. The standard InChI is InChI=1S/C17H23ClN4O2/c1-19-17(22-14-10-11-6-7-15(14)24-11)21-9-8-20-16(23)12-4-2-3-5-13(12)18/h2-5,11,14-15H,6-10H2,1H3,(H,20,23)(H2,19,21,22). The van der Waals surface area contributed by atoms with Gasteiger partial charge in [-0.05, 0) is 31.4 Å². The summed E-state index contributed by atoms with van der Waals surface area (Å²) < 4.78 is 5.83. The Labute approximate surface area is 147 Å². The average molecular weight is 351 g/mol. The number of guanidine groups is 1. The van der Waals surface area contributed by atoms with Crippen molar-refractivity contribution in [2.45, 2.75) is 37.5 Å². The molecule has 0 radical (unpaired) electrons. The summed E-state index contributed by atoms with van der Waals surface area (Å²) >= 11 is 6.01. The zero-order chi connectivity index (χ0) is 16.9. The van der Waals surface area contributed by atoms with Gasteiger partial charge in [0.2, 0.25) is 0 Å². The number of benzene rings is 1. The number of fused-ring (bicyclic) bond motifs is 2. The first kappa shape index (κ1) is 17.0. The summed E-state index contributed by atoms with van der Waals surface area (Å²) in [6.07, 6.45) is 4.03. The molecule has 7 heteroatoms. The number of nitrogens with one attached hydrogen (secondary N) is 3. The predicted molar refractivity (Wildman–Crippen MR) is 94.6 cm³/mol. The van der Waals surface area contributed by atoms with E-state index in [-0.39, 0.29) is 5.91 Å². The number of ether oxygens (including phenoxy) is 1. The van der Waals surface area contributed by atoms with Crippen LogP contribution >= 0.6 is 11.6 Å². The van der Waals surface area contributed by atoms with Crippen molar-refractivity contribution < 1.29 is 9.53 Å². The van der Waals surface area contributed by atoms with Crippen LogP contribution < -0.4 is 16.0 Å². The fourth-order valence-corrected chi connectivity index (χ4v) is 3.48. The Hall–Kier alpha value is -1.79. The Morgan fingerprint density at radius 1 is 1.29 bits per heavy atom. The first-order valence-electron chi connectivity index (χ1n) is 8.32. The lowest BCUT2D eigenvalue weighted by Crippen LogP contribution is -2.48. The average Bonchev–Trinajstić information content (AvgIpc) is 3.20. The normalized spacial score (nSPS) is 25.6. The molecular weight excluding hydrogens is 328 g/mol. The van der Waals surface area contributed by atoms with Crippen molar-refractivity contribution in [1.29, 1.82) is 0 Å². The van der Waals surface area contributed by atoms with Crippen molar-refractivity contribution in [3.05, 3.63) is 34.9 Å². The van der Waals surface area contributed by atoms with E-state index in [0.29, 0.717) is 41.9 Å². The Bertz CT molecular complexity index is 622. The second kappa shape index (κ2) is 7.85. The number of amides is 1. The van der Waals surface area contributed by atoms with Gasteiger partial charge >= 0.3 is 0 Å². The lowest BCUT2D eigenvalue weighted by Gasteiger charge is -2.22. The molecule has 2 saturated heterocycles. The molecule has 1 amide bonds. The molecule has 1 aromatic carbocycles. The van der Waals surface area contributed by atoms with Gasteiger partial charge in [0, 0.05) is 20.1 Å². The zero-order valence-electron chi connectivity index (χ0n) is 13.7. The van der Waals surface area contributed by atoms with Crippen LogP contribution in [0.2, 0.25) is 5.02 Å². The summed E-state index contributed by atoms with van der Waals surface area (Å²) in [7, 11) is 1.74. The van der Waals surface area contributed by atoms with E-state index in [2.05, 4.69) is 20.9 Å². The first-order valence-corrected chi connectivity index (χ1v) is 8.70. The van der Waals surface area contributed by atoms with E-state index >= 15 is 0 Å². The highest BCUT2D eigenvalue weighted by Crippen LogP contribution is 2.34. The van der Waals surface area contributed by atoms with Gasteiger partial charge in [-0.3, -0.25) is 9.79 Å². The van der Waals surface area contributed by atoms with Crippen LogP contribution in [0.25, 0.3) is 0 Å². The van der Waals surface area contributed by atoms with Crippen LogP contribution in [0.1, 0.15) is 29.6 Å². The van der Waals surface area contributed by atoms with Gasteiger partial charge in [-0.15, -0.1) is 0 Å². The Kier molecular flexibility index (Phi) is 5.58. The van der Waals surface area contributed by atoms with Gasteiger partial charge in [-0.1, -0.05) is 23.7 Å². The van der Waals surface area contributed by atoms with Crippen molar-refractivity contribution in [2.75, 3.05) is 20.1 Å². The Morgan fingerprint density at radius 3 is 2.75 bits per heavy atom. The van der Waals surface area contributed by atoms with Crippen LogP contribution in [0.5, 0.6) is 0 Å². The minimum atomic E-state index is -0.174. The second-order valence-electron chi connectivity index (χ2n) is 6.10. The molecular formula is C17H23ClN4O2. The molecule has 3 rings (SSSR count). The number of hydrogen-bond donors (Lipinski definition) is 3. The summed E-state index contributed by atoms with van der Waals surface area (Å²) in [5.41, 5.74) is 0.487. The molecule has 2 bridgehead atoms. The Morgan fingerprint density at radius 2 is 2.08 bits per heavy atom. The van der Waals surface area contributed by atoms with Crippen LogP contribution in [0.3, 0.4) is 0 Å². The largest absolute Gasteiger partial charge is 0.373 e. The minimum Gasteiger partial charge on any atom is -0.373 e. The summed E-state index contributed by atoms with van der Waals surface area (Å²) in [6, 6.07) is 7.34. The quantitative estimate of drug-likeness (QED) is 0.428. The first-order chi connectivity index (χ1) is 11.7. The lowest BCUT2D eigenvalue weighted by atomic mass is 9.96. The van der Waals surface area contributed by atoms with Crippen molar-refractivity contribution >= 4 is 23.5 Å². The summed E-state index contributed by atoms with van der Waals surface area (Å²) in [5, 5.41) is 9.92. The van der Waals surface area contributed by atoms with Gasteiger partial charge in [0.1, 0.15) is 0 Å². The van der Waals surface area contributed by atoms with Crippen LogP contribution in [0, 0.1) is 0 Å². The molecule has 130 valence electrons. The number of hydrogen-bond acceptors (Lipinski definition) is 3. The van der Waals surface area contributed by atoms with Gasteiger partial charge in [0.05, 0.1) is 28.8 Å². The maximum Gasteiger partial charge on any atom is 0.252 e. The fraction of sp³-hybridized carbons (Fsp3) is 0.529. The monoisotopic (exact) mass is 350 g/mol. The van der Waals surface area contributed by atoms with Gasteiger partial charge in [-0.25, -0.2) is 0 Å². The minimum absolute atomic E-state index is 0.174. The van der Waals surface area contributed by atoms with Gasteiger partial charge in [0.15, 0.2) is 5.96 Å².